The highest BCUT2D eigenvalue weighted by Gasteiger charge is 2.13. The van der Waals surface area contributed by atoms with E-state index >= 15 is 0 Å². The second kappa shape index (κ2) is 5.33. The number of hydrogen-bond donors (Lipinski definition) is 1. The van der Waals surface area contributed by atoms with Crippen molar-refractivity contribution in [3.8, 4) is 10.8 Å². The Morgan fingerprint density at radius 2 is 2.22 bits per heavy atom. The summed E-state index contributed by atoms with van der Waals surface area (Å²) in [5.41, 5.74) is 2.26. The summed E-state index contributed by atoms with van der Waals surface area (Å²) in [5, 5.41) is 11.7. The molecule has 1 N–H and O–H groups in total. The zero-order valence-corrected chi connectivity index (χ0v) is 12.9. The van der Waals surface area contributed by atoms with Crippen molar-refractivity contribution in [2.75, 3.05) is 5.32 Å². The molecule has 0 unspecified atom stereocenters. The largest absolute Gasteiger partial charge is 0.462 e. The first-order valence-electron chi connectivity index (χ1n) is 6.80. The maximum atomic E-state index is 12.3. The van der Waals surface area contributed by atoms with E-state index in [0.717, 1.165) is 11.0 Å². The summed E-state index contributed by atoms with van der Waals surface area (Å²) in [6.07, 6.45) is 3.28. The smallest absolute Gasteiger partial charge is 0.257 e. The number of aryl methyl sites for hydroxylation is 1. The van der Waals surface area contributed by atoms with Crippen molar-refractivity contribution < 1.29 is 9.21 Å². The van der Waals surface area contributed by atoms with E-state index in [0.29, 0.717) is 21.5 Å². The maximum absolute atomic E-state index is 12.3. The number of hydrogen-bond acceptors (Lipinski definition) is 6. The molecule has 3 aromatic heterocycles. The Morgan fingerprint density at radius 1 is 1.30 bits per heavy atom. The monoisotopic (exact) mass is 325 g/mol. The number of imidazole rings is 1. The standard InChI is InChI=1S/C15H11N5O2S/c1-20-8-16-10-7-9(4-5-11(10)20)13(21)17-15-19-18-14(23-15)12-3-2-6-22-12/h2-8H,1H3,(H,17,19,21). The first kappa shape index (κ1) is 13.6. The predicted octanol–water partition coefficient (Wildman–Crippen LogP) is 2.94. The molecule has 0 radical (unpaired) electrons. The Balaban J connectivity index is 1.57. The summed E-state index contributed by atoms with van der Waals surface area (Å²) in [6, 6.07) is 8.94. The fourth-order valence-corrected chi connectivity index (χ4v) is 2.93. The van der Waals surface area contributed by atoms with Gasteiger partial charge in [0.1, 0.15) is 0 Å². The van der Waals surface area contributed by atoms with Gasteiger partial charge in [0.25, 0.3) is 5.91 Å². The van der Waals surface area contributed by atoms with E-state index in [9.17, 15) is 4.79 Å². The van der Waals surface area contributed by atoms with E-state index in [1.54, 1.807) is 36.9 Å². The minimum absolute atomic E-state index is 0.250. The third-order valence-electron chi connectivity index (χ3n) is 3.37. The Bertz CT molecular complexity index is 987. The summed E-state index contributed by atoms with van der Waals surface area (Å²) in [4.78, 5) is 16.6. The molecular formula is C15H11N5O2S. The maximum Gasteiger partial charge on any atom is 0.257 e. The predicted molar refractivity (Wildman–Crippen MR) is 86.3 cm³/mol. The topological polar surface area (TPSA) is 85.8 Å². The number of nitrogens with one attached hydrogen (secondary N) is 1. The number of carbonyl (C=O) groups excluding carboxylic acids is 1. The zero-order chi connectivity index (χ0) is 15.8. The summed E-state index contributed by atoms with van der Waals surface area (Å²) in [7, 11) is 1.91. The lowest BCUT2D eigenvalue weighted by molar-refractivity contribution is 0.102. The van der Waals surface area contributed by atoms with Crippen LogP contribution in [0.2, 0.25) is 0 Å². The molecule has 7 nitrogen and oxygen atoms in total. The van der Waals surface area contributed by atoms with Crippen LogP contribution < -0.4 is 5.32 Å². The Labute approximate surface area is 134 Å². The van der Waals surface area contributed by atoms with Crippen LogP contribution in [0.15, 0.2) is 47.3 Å². The number of anilines is 1. The number of benzene rings is 1. The number of nitrogens with zero attached hydrogens (tertiary/aromatic N) is 4. The van der Waals surface area contributed by atoms with Gasteiger partial charge in [-0.05, 0) is 30.3 Å². The average Bonchev–Trinajstić information content (AvgIpc) is 3.28. The molecular weight excluding hydrogens is 314 g/mol. The molecule has 1 amide bonds. The minimum Gasteiger partial charge on any atom is -0.462 e. The zero-order valence-electron chi connectivity index (χ0n) is 12.1. The summed E-state index contributed by atoms with van der Waals surface area (Å²) in [6.45, 7) is 0. The number of carbonyl (C=O) groups is 1. The van der Waals surface area contributed by atoms with Crippen molar-refractivity contribution in [3.05, 3.63) is 48.5 Å². The van der Waals surface area contributed by atoms with E-state index in [1.807, 2.05) is 17.7 Å². The number of amides is 1. The van der Waals surface area contributed by atoms with Crippen LogP contribution >= 0.6 is 11.3 Å². The van der Waals surface area contributed by atoms with Gasteiger partial charge in [0.15, 0.2) is 10.8 Å². The molecule has 114 valence electrons. The van der Waals surface area contributed by atoms with Crippen molar-refractivity contribution in [2.45, 2.75) is 0 Å². The van der Waals surface area contributed by atoms with E-state index < -0.39 is 0 Å². The Morgan fingerprint density at radius 3 is 3.04 bits per heavy atom. The van der Waals surface area contributed by atoms with Gasteiger partial charge in [0, 0.05) is 12.6 Å². The molecule has 0 bridgehead atoms. The van der Waals surface area contributed by atoms with Crippen molar-refractivity contribution in [1.82, 2.24) is 19.7 Å². The lowest BCUT2D eigenvalue weighted by atomic mass is 10.2. The molecule has 0 saturated heterocycles. The summed E-state index contributed by atoms with van der Waals surface area (Å²) >= 11 is 1.25. The highest BCUT2D eigenvalue weighted by Crippen LogP contribution is 2.26. The van der Waals surface area contributed by atoms with Crippen LogP contribution in [0.4, 0.5) is 5.13 Å². The van der Waals surface area contributed by atoms with Crippen molar-refractivity contribution in [2.24, 2.45) is 7.05 Å². The fourth-order valence-electron chi connectivity index (χ4n) is 2.22. The highest BCUT2D eigenvalue weighted by molar-refractivity contribution is 7.18. The summed E-state index contributed by atoms with van der Waals surface area (Å²) in [5.74, 6) is 0.373. The minimum atomic E-state index is -0.250. The second-order valence-corrected chi connectivity index (χ2v) is 5.88. The third-order valence-corrected chi connectivity index (χ3v) is 4.22. The Kier molecular flexibility index (Phi) is 3.16. The number of aromatic nitrogens is 4. The average molecular weight is 325 g/mol. The van der Waals surface area contributed by atoms with Crippen LogP contribution in [0.5, 0.6) is 0 Å². The highest BCUT2D eigenvalue weighted by atomic mass is 32.1. The molecule has 0 atom stereocenters. The number of rotatable bonds is 3. The number of fused-ring (bicyclic) bond motifs is 1. The van der Waals surface area contributed by atoms with Gasteiger partial charge in [-0.25, -0.2) is 4.98 Å². The van der Waals surface area contributed by atoms with Gasteiger partial charge < -0.3 is 8.98 Å². The van der Waals surface area contributed by atoms with E-state index in [4.69, 9.17) is 4.42 Å². The fraction of sp³-hybridized carbons (Fsp3) is 0.0667. The van der Waals surface area contributed by atoms with Crippen molar-refractivity contribution in [3.63, 3.8) is 0 Å². The number of furan rings is 1. The quantitative estimate of drug-likeness (QED) is 0.626. The lowest BCUT2D eigenvalue weighted by Gasteiger charge is -2.01. The SMILES string of the molecule is Cn1cnc2cc(C(=O)Nc3nnc(-c4ccco4)s3)ccc21. The summed E-state index contributed by atoms with van der Waals surface area (Å²) < 4.78 is 7.16. The Hall–Kier alpha value is -3.00. The van der Waals surface area contributed by atoms with Gasteiger partial charge in [-0.15, -0.1) is 10.2 Å². The molecule has 0 aliphatic heterocycles. The van der Waals surface area contributed by atoms with Gasteiger partial charge in [0.2, 0.25) is 5.13 Å². The molecule has 23 heavy (non-hydrogen) atoms. The molecule has 1 aromatic carbocycles. The van der Waals surface area contributed by atoms with Crippen LogP contribution in [0, 0.1) is 0 Å². The van der Waals surface area contributed by atoms with Crippen LogP contribution in [-0.4, -0.2) is 25.7 Å². The first-order valence-corrected chi connectivity index (χ1v) is 7.62. The van der Waals surface area contributed by atoms with Crippen molar-refractivity contribution >= 4 is 33.4 Å². The van der Waals surface area contributed by atoms with Gasteiger partial charge in [-0.3, -0.25) is 10.1 Å². The van der Waals surface area contributed by atoms with Gasteiger partial charge in [-0.2, -0.15) is 0 Å². The molecule has 0 saturated carbocycles. The molecule has 0 aliphatic rings. The van der Waals surface area contributed by atoms with Crippen molar-refractivity contribution in [1.29, 1.82) is 0 Å². The van der Waals surface area contributed by atoms with Crippen LogP contribution in [0.25, 0.3) is 21.8 Å². The molecule has 4 aromatic rings. The van der Waals surface area contributed by atoms with Crippen LogP contribution in [-0.2, 0) is 7.05 Å². The van der Waals surface area contributed by atoms with Gasteiger partial charge in [-0.1, -0.05) is 11.3 Å². The van der Waals surface area contributed by atoms with E-state index in [-0.39, 0.29) is 5.91 Å². The van der Waals surface area contributed by atoms with Gasteiger partial charge in [0.05, 0.1) is 23.6 Å². The molecule has 3 heterocycles. The van der Waals surface area contributed by atoms with E-state index in [2.05, 4.69) is 20.5 Å². The lowest BCUT2D eigenvalue weighted by Crippen LogP contribution is -2.11. The normalized spacial score (nSPS) is 11.0. The molecule has 0 fully saturated rings. The third kappa shape index (κ3) is 2.49. The van der Waals surface area contributed by atoms with Crippen LogP contribution in [0.1, 0.15) is 10.4 Å². The molecule has 8 heteroatoms. The molecule has 4 rings (SSSR count). The molecule has 0 aliphatic carbocycles. The van der Waals surface area contributed by atoms with Crippen LogP contribution in [0.3, 0.4) is 0 Å². The second-order valence-electron chi connectivity index (χ2n) is 4.90. The first-order chi connectivity index (χ1) is 11.2. The molecule has 0 spiro atoms. The van der Waals surface area contributed by atoms with E-state index in [1.165, 1.54) is 11.3 Å². The van der Waals surface area contributed by atoms with Gasteiger partial charge >= 0.3 is 0 Å².